The van der Waals surface area contributed by atoms with Gasteiger partial charge in [-0.15, -0.1) is 0 Å². The molecule has 3 aromatic carbocycles. The molecule has 4 rings (SSSR count). The molecule has 0 bridgehead atoms. The average Bonchev–Trinajstić information content (AvgIpc) is 2.97. The number of benzene rings is 3. The molecule has 0 N–H and O–H groups in total. The molecule has 39 heavy (non-hydrogen) atoms. The second-order valence-electron chi connectivity index (χ2n) is 11.9. The Balaban J connectivity index is 1.32. The summed E-state index contributed by atoms with van der Waals surface area (Å²) in [6, 6.07) is 18.8. The average molecular weight is 525 g/mol. The zero-order chi connectivity index (χ0) is 27.3. The number of rotatable bonds is 13. The smallest absolute Gasteiger partial charge is 0.146 e. The number of hydrogen-bond acceptors (Lipinski definition) is 0. The number of fused-ring (bicyclic) bond motifs is 1. The second-order valence-corrected chi connectivity index (χ2v) is 11.9. The normalized spacial score (nSPS) is 17.2. The lowest BCUT2D eigenvalue weighted by Crippen LogP contribution is -2.13. The van der Waals surface area contributed by atoms with E-state index in [1.165, 1.54) is 107 Å². The first-order valence-electron chi connectivity index (χ1n) is 16.0. The lowest BCUT2D eigenvalue weighted by Gasteiger charge is -2.29. The molecule has 0 atom stereocenters. The third-order valence-electron chi connectivity index (χ3n) is 8.88. The van der Waals surface area contributed by atoms with Crippen molar-refractivity contribution in [1.29, 1.82) is 0 Å². The fraction of sp³-hybridized carbons (Fsp3) is 0.526. The van der Waals surface area contributed by atoms with Gasteiger partial charge in [0.15, 0.2) is 0 Å². The van der Waals surface area contributed by atoms with Crippen molar-refractivity contribution < 1.29 is 4.39 Å². The molecule has 0 unspecified atom stereocenters. The Bertz CT molecular complexity index is 1200. The van der Waals surface area contributed by atoms with Crippen LogP contribution in [0.15, 0.2) is 54.6 Å². The van der Waals surface area contributed by atoms with E-state index in [1.54, 1.807) is 0 Å². The maximum absolute atomic E-state index is 15.4. The van der Waals surface area contributed by atoms with Crippen molar-refractivity contribution in [2.24, 2.45) is 5.92 Å². The summed E-state index contributed by atoms with van der Waals surface area (Å²) in [7, 11) is 0. The summed E-state index contributed by atoms with van der Waals surface area (Å²) in [5.41, 5.74) is 4.17. The molecule has 0 saturated heterocycles. The van der Waals surface area contributed by atoms with Gasteiger partial charge in [-0.05, 0) is 85.1 Å². The van der Waals surface area contributed by atoms with Gasteiger partial charge >= 0.3 is 0 Å². The summed E-state index contributed by atoms with van der Waals surface area (Å²) in [4.78, 5) is 0. The van der Waals surface area contributed by atoms with Gasteiger partial charge in [-0.2, -0.15) is 0 Å². The molecule has 1 heteroatoms. The Morgan fingerprint density at radius 1 is 0.692 bits per heavy atom. The zero-order valence-corrected chi connectivity index (χ0v) is 24.5. The standard InChI is InChI=1S/C38H49F/c1-3-5-7-9-11-13-30-15-17-32(18-16-30)21-24-34-25-26-36-29-35(27-28-37(36)38(34)39)33-22-19-31(20-23-33)14-12-10-8-6-4-2/h15-18,25-29,31,33H,3-14,19-20,22-23H2,1-2H3. The van der Waals surface area contributed by atoms with Crippen molar-refractivity contribution in [2.45, 2.75) is 122 Å². The summed E-state index contributed by atoms with van der Waals surface area (Å²) < 4.78 is 15.4. The third kappa shape index (κ3) is 8.96. The third-order valence-corrected chi connectivity index (χ3v) is 8.88. The van der Waals surface area contributed by atoms with E-state index in [0.717, 1.165) is 23.3 Å². The van der Waals surface area contributed by atoms with Crippen molar-refractivity contribution in [3.8, 4) is 11.8 Å². The van der Waals surface area contributed by atoms with Crippen LogP contribution in [0.1, 0.15) is 138 Å². The van der Waals surface area contributed by atoms with Gasteiger partial charge in [-0.25, -0.2) is 4.39 Å². The van der Waals surface area contributed by atoms with Crippen LogP contribution in [0.5, 0.6) is 0 Å². The maximum Gasteiger partial charge on any atom is 0.146 e. The first kappa shape index (κ1) is 29.4. The Morgan fingerprint density at radius 2 is 1.38 bits per heavy atom. The van der Waals surface area contributed by atoms with Gasteiger partial charge < -0.3 is 0 Å². The van der Waals surface area contributed by atoms with Crippen LogP contribution in [0.25, 0.3) is 10.8 Å². The van der Waals surface area contributed by atoms with Crippen molar-refractivity contribution in [3.63, 3.8) is 0 Å². The minimum Gasteiger partial charge on any atom is -0.205 e. The van der Waals surface area contributed by atoms with Crippen LogP contribution < -0.4 is 0 Å². The van der Waals surface area contributed by atoms with Crippen LogP contribution in [-0.2, 0) is 6.42 Å². The largest absolute Gasteiger partial charge is 0.205 e. The summed E-state index contributed by atoms with van der Waals surface area (Å²) in [5.74, 6) is 7.61. The van der Waals surface area contributed by atoms with Gasteiger partial charge in [0, 0.05) is 10.9 Å². The van der Waals surface area contributed by atoms with Gasteiger partial charge in [-0.1, -0.05) is 126 Å². The summed E-state index contributed by atoms with van der Waals surface area (Å²) >= 11 is 0. The molecule has 0 aliphatic heterocycles. The Kier molecular flexibility index (Phi) is 12.0. The van der Waals surface area contributed by atoms with E-state index in [0.29, 0.717) is 16.9 Å². The maximum atomic E-state index is 15.4. The van der Waals surface area contributed by atoms with Crippen molar-refractivity contribution in [2.75, 3.05) is 0 Å². The van der Waals surface area contributed by atoms with E-state index in [2.05, 4.69) is 68.2 Å². The molecule has 0 spiro atoms. The molecular formula is C38H49F. The molecule has 3 aromatic rings. The number of aryl methyl sites for hydroxylation is 1. The highest BCUT2D eigenvalue weighted by atomic mass is 19.1. The first-order valence-corrected chi connectivity index (χ1v) is 16.0. The molecule has 208 valence electrons. The second kappa shape index (κ2) is 15.9. The summed E-state index contributed by atoms with van der Waals surface area (Å²) in [5, 5.41) is 1.68. The predicted octanol–water partition coefficient (Wildman–Crippen LogP) is 11.5. The molecule has 0 aromatic heterocycles. The fourth-order valence-corrected chi connectivity index (χ4v) is 6.31. The Labute approximate surface area is 237 Å². The molecule has 1 aliphatic rings. The molecule has 1 fully saturated rings. The highest BCUT2D eigenvalue weighted by Gasteiger charge is 2.22. The van der Waals surface area contributed by atoms with Crippen LogP contribution in [-0.4, -0.2) is 0 Å². The molecule has 0 amide bonds. The fourth-order valence-electron chi connectivity index (χ4n) is 6.31. The molecule has 0 nitrogen and oxygen atoms in total. The minimum absolute atomic E-state index is 0.193. The summed E-state index contributed by atoms with van der Waals surface area (Å²) in [6.45, 7) is 4.54. The van der Waals surface area contributed by atoms with Crippen molar-refractivity contribution >= 4 is 10.8 Å². The zero-order valence-electron chi connectivity index (χ0n) is 24.5. The molecule has 0 heterocycles. The monoisotopic (exact) mass is 524 g/mol. The lowest BCUT2D eigenvalue weighted by molar-refractivity contribution is 0.302. The van der Waals surface area contributed by atoms with Crippen LogP contribution in [0.4, 0.5) is 4.39 Å². The van der Waals surface area contributed by atoms with E-state index >= 15 is 4.39 Å². The molecule has 1 aliphatic carbocycles. The number of hydrogen-bond donors (Lipinski definition) is 0. The van der Waals surface area contributed by atoms with Crippen molar-refractivity contribution in [1.82, 2.24) is 0 Å². The van der Waals surface area contributed by atoms with E-state index in [-0.39, 0.29) is 5.82 Å². The Morgan fingerprint density at radius 3 is 2.10 bits per heavy atom. The van der Waals surface area contributed by atoms with Crippen molar-refractivity contribution in [3.05, 3.63) is 82.7 Å². The van der Waals surface area contributed by atoms with Gasteiger partial charge in [0.1, 0.15) is 5.82 Å². The highest BCUT2D eigenvalue weighted by Crippen LogP contribution is 2.39. The first-order chi connectivity index (χ1) is 19.2. The number of halogens is 1. The molecule has 1 saturated carbocycles. The minimum atomic E-state index is -0.193. The van der Waals surface area contributed by atoms with E-state index in [4.69, 9.17) is 0 Å². The van der Waals surface area contributed by atoms with E-state index in [1.807, 2.05) is 12.1 Å². The highest BCUT2D eigenvalue weighted by molar-refractivity contribution is 5.85. The summed E-state index contributed by atoms with van der Waals surface area (Å²) in [6.07, 6.45) is 21.2. The molecular weight excluding hydrogens is 475 g/mol. The van der Waals surface area contributed by atoms with Gasteiger partial charge in [-0.3, -0.25) is 0 Å². The van der Waals surface area contributed by atoms with Gasteiger partial charge in [0.05, 0.1) is 5.56 Å². The molecule has 0 radical (unpaired) electrons. The van der Waals surface area contributed by atoms with Crippen LogP contribution in [0.3, 0.4) is 0 Å². The van der Waals surface area contributed by atoms with Gasteiger partial charge in [0.25, 0.3) is 0 Å². The van der Waals surface area contributed by atoms with Crippen LogP contribution >= 0.6 is 0 Å². The topological polar surface area (TPSA) is 0 Å². The lowest BCUT2D eigenvalue weighted by atomic mass is 9.76. The number of unbranched alkanes of at least 4 members (excludes halogenated alkanes) is 8. The van der Waals surface area contributed by atoms with E-state index in [9.17, 15) is 0 Å². The predicted molar refractivity (Wildman–Crippen MR) is 167 cm³/mol. The van der Waals surface area contributed by atoms with Crippen LogP contribution in [0, 0.1) is 23.6 Å². The van der Waals surface area contributed by atoms with Crippen LogP contribution in [0.2, 0.25) is 0 Å². The quantitative estimate of drug-likeness (QED) is 0.154. The van der Waals surface area contributed by atoms with E-state index < -0.39 is 0 Å². The van der Waals surface area contributed by atoms with Gasteiger partial charge in [0.2, 0.25) is 0 Å². The Hall–Kier alpha value is -2.59. The SMILES string of the molecule is CCCCCCCc1ccc(C#Cc2ccc3cc(C4CCC(CCCCCCC)CC4)ccc3c2F)cc1.